The molecule has 1 aliphatic rings. The number of aryl methyl sites for hydroxylation is 1. The van der Waals surface area contributed by atoms with E-state index in [0.29, 0.717) is 29.3 Å². The van der Waals surface area contributed by atoms with Gasteiger partial charge in [-0.15, -0.1) is 5.10 Å². The normalized spacial score (nSPS) is 14.1. The third-order valence-corrected chi connectivity index (χ3v) is 7.02. The van der Waals surface area contributed by atoms with Gasteiger partial charge in [0, 0.05) is 35.8 Å². The summed E-state index contributed by atoms with van der Waals surface area (Å²) in [7, 11) is 0. The highest BCUT2D eigenvalue weighted by atomic mass is 19.1. The number of amides is 2. The molecule has 1 aliphatic carbocycles. The molecule has 0 spiro atoms. The summed E-state index contributed by atoms with van der Waals surface area (Å²) in [5, 5.41) is 11.0. The van der Waals surface area contributed by atoms with Crippen LogP contribution in [0.5, 0.6) is 0 Å². The van der Waals surface area contributed by atoms with E-state index in [0.717, 1.165) is 34.9 Å². The topological polar surface area (TPSA) is 93.3 Å². The van der Waals surface area contributed by atoms with Crippen molar-refractivity contribution < 1.29 is 14.0 Å². The Labute approximate surface area is 218 Å². The fourth-order valence-electron chi connectivity index (χ4n) is 4.72. The smallest absolute Gasteiger partial charge is 0.253 e. The third kappa shape index (κ3) is 4.51. The van der Waals surface area contributed by atoms with Crippen LogP contribution in [-0.2, 0) is 11.3 Å². The maximum Gasteiger partial charge on any atom is 0.253 e. The van der Waals surface area contributed by atoms with Gasteiger partial charge in [-0.05, 0) is 79.8 Å². The van der Waals surface area contributed by atoms with Crippen molar-refractivity contribution in [3.63, 3.8) is 0 Å². The van der Waals surface area contributed by atoms with Gasteiger partial charge in [0.25, 0.3) is 5.91 Å². The quantitative estimate of drug-likeness (QED) is 0.309. The summed E-state index contributed by atoms with van der Waals surface area (Å²) in [6.07, 6.45) is 5.49. The average molecular weight is 511 g/mol. The van der Waals surface area contributed by atoms with E-state index >= 15 is 0 Å². The van der Waals surface area contributed by atoms with E-state index in [1.165, 1.54) is 12.1 Å². The highest BCUT2D eigenvalue weighted by Crippen LogP contribution is 2.31. The summed E-state index contributed by atoms with van der Waals surface area (Å²) < 4.78 is 17.4. The maximum atomic E-state index is 13.7. The fraction of sp³-hybridized carbons (Fsp3) is 0.241. The molecule has 192 valence electrons. The molecule has 3 heterocycles. The summed E-state index contributed by atoms with van der Waals surface area (Å²) in [6.45, 7) is 4.58. The summed E-state index contributed by atoms with van der Waals surface area (Å²) >= 11 is 0. The zero-order valence-corrected chi connectivity index (χ0v) is 21.1. The second-order valence-corrected chi connectivity index (χ2v) is 9.73. The van der Waals surface area contributed by atoms with E-state index in [1.807, 2.05) is 54.9 Å². The molecular weight excluding hydrogens is 483 g/mol. The Hall–Kier alpha value is -4.53. The summed E-state index contributed by atoms with van der Waals surface area (Å²) in [5.74, 6) is -0.231. The average Bonchev–Trinajstić information content (AvgIpc) is 3.59. The van der Waals surface area contributed by atoms with Crippen molar-refractivity contribution in [2.45, 2.75) is 39.3 Å². The Morgan fingerprint density at radius 3 is 2.68 bits per heavy atom. The molecule has 1 fully saturated rings. The summed E-state index contributed by atoms with van der Waals surface area (Å²) in [5.41, 5.74) is 4.66. The molecule has 3 aromatic heterocycles. The minimum absolute atomic E-state index is 0.0375. The number of benzene rings is 2. The lowest BCUT2D eigenvalue weighted by Gasteiger charge is -2.14. The number of carbonyl (C=O) groups is 2. The lowest BCUT2D eigenvalue weighted by atomic mass is 10.0. The van der Waals surface area contributed by atoms with Crippen molar-refractivity contribution in [3.8, 4) is 11.1 Å². The van der Waals surface area contributed by atoms with Crippen LogP contribution >= 0.6 is 0 Å². The van der Waals surface area contributed by atoms with Gasteiger partial charge in [0.2, 0.25) is 11.9 Å². The van der Waals surface area contributed by atoms with Gasteiger partial charge in [0.1, 0.15) is 5.82 Å². The Kier molecular flexibility index (Phi) is 5.90. The molecule has 1 atom stereocenters. The largest absolute Gasteiger partial charge is 0.347 e. The van der Waals surface area contributed by atoms with Crippen LogP contribution in [0, 0.1) is 11.7 Å². The summed E-state index contributed by atoms with van der Waals surface area (Å²) in [4.78, 5) is 29.9. The van der Waals surface area contributed by atoms with Crippen molar-refractivity contribution in [2.24, 2.45) is 5.92 Å². The van der Waals surface area contributed by atoms with Crippen LogP contribution in [0.25, 0.3) is 27.7 Å². The van der Waals surface area contributed by atoms with E-state index in [4.69, 9.17) is 0 Å². The van der Waals surface area contributed by atoms with Gasteiger partial charge in [-0.3, -0.25) is 14.9 Å². The first-order valence-electron chi connectivity index (χ1n) is 12.8. The molecule has 0 radical (unpaired) electrons. The zero-order valence-electron chi connectivity index (χ0n) is 21.1. The van der Waals surface area contributed by atoms with Crippen LogP contribution < -0.4 is 10.6 Å². The van der Waals surface area contributed by atoms with Crippen molar-refractivity contribution in [3.05, 3.63) is 83.9 Å². The van der Waals surface area contributed by atoms with Gasteiger partial charge in [-0.25, -0.2) is 8.91 Å². The van der Waals surface area contributed by atoms with E-state index in [1.54, 1.807) is 22.8 Å². The van der Waals surface area contributed by atoms with Crippen LogP contribution in [-0.4, -0.2) is 31.0 Å². The van der Waals surface area contributed by atoms with Crippen LogP contribution in [0.3, 0.4) is 0 Å². The van der Waals surface area contributed by atoms with Gasteiger partial charge < -0.3 is 9.88 Å². The lowest BCUT2D eigenvalue weighted by molar-refractivity contribution is -0.117. The number of fused-ring (bicyclic) bond motifs is 2. The molecule has 1 saturated carbocycles. The predicted molar refractivity (Wildman–Crippen MR) is 143 cm³/mol. The standard InChI is InChI=1S/C29H27FN6O2/c1-3-35-16-24(28(38)31-17(2)19-5-4-6-22(30)13-19)23-14-20(9-10-25(23)35)21-11-12-36-26(15-21)32-29(34-36)33-27(37)18-7-8-18/h4-6,9-18H,3,7-8H2,1-2H3,(H,31,38)(H,33,34,37). The molecule has 8 nitrogen and oxygen atoms in total. The number of hydrogen-bond donors (Lipinski definition) is 2. The molecule has 0 bridgehead atoms. The molecule has 1 unspecified atom stereocenters. The maximum absolute atomic E-state index is 13.7. The first kappa shape index (κ1) is 23.8. The van der Waals surface area contributed by atoms with Crippen LogP contribution in [0.1, 0.15) is 48.7 Å². The Morgan fingerprint density at radius 2 is 1.92 bits per heavy atom. The van der Waals surface area contributed by atoms with Gasteiger partial charge in [-0.1, -0.05) is 18.2 Å². The molecule has 9 heteroatoms. The second-order valence-electron chi connectivity index (χ2n) is 9.73. The van der Waals surface area contributed by atoms with Crippen LogP contribution in [0.4, 0.5) is 10.3 Å². The van der Waals surface area contributed by atoms with Crippen molar-refractivity contribution in [2.75, 3.05) is 5.32 Å². The van der Waals surface area contributed by atoms with Gasteiger partial charge in [0.05, 0.1) is 11.6 Å². The van der Waals surface area contributed by atoms with Crippen molar-refractivity contribution >= 4 is 34.3 Å². The number of carbonyl (C=O) groups excluding carboxylic acids is 2. The van der Waals surface area contributed by atoms with E-state index in [-0.39, 0.29) is 29.6 Å². The highest BCUT2D eigenvalue weighted by molar-refractivity contribution is 6.08. The highest BCUT2D eigenvalue weighted by Gasteiger charge is 2.30. The molecule has 38 heavy (non-hydrogen) atoms. The first-order valence-corrected chi connectivity index (χ1v) is 12.8. The fourth-order valence-corrected chi connectivity index (χ4v) is 4.72. The lowest BCUT2D eigenvalue weighted by Crippen LogP contribution is -2.26. The molecule has 5 aromatic rings. The molecule has 2 N–H and O–H groups in total. The van der Waals surface area contributed by atoms with E-state index < -0.39 is 0 Å². The number of rotatable bonds is 7. The predicted octanol–water partition coefficient (Wildman–Crippen LogP) is 5.35. The minimum Gasteiger partial charge on any atom is -0.347 e. The Balaban J connectivity index is 1.31. The third-order valence-electron chi connectivity index (χ3n) is 7.02. The number of pyridine rings is 1. The number of nitrogens with one attached hydrogen (secondary N) is 2. The number of nitrogens with zero attached hydrogens (tertiary/aromatic N) is 4. The number of anilines is 1. The Bertz CT molecular complexity index is 1700. The van der Waals surface area contributed by atoms with Crippen molar-refractivity contribution in [1.29, 1.82) is 0 Å². The monoisotopic (exact) mass is 510 g/mol. The minimum atomic E-state index is -0.355. The molecule has 0 aliphatic heterocycles. The van der Waals surface area contributed by atoms with E-state index in [2.05, 4.69) is 20.7 Å². The van der Waals surface area contributed by atoms with Gasteiger partial charge >= 0.3 is 0 Å². The SMILES string of the molecule is CCn1cc(C(=O)NC(C)c2cccc(F)c2)c2cc(-c3ccn4nc(NC(=O)C5CC5)nc4c3)ccc21. The molecular formula is C29H27FN6O2. The van der Waals surface area contributed by atoms with E-state index in [9.17, 15) is 14.0 Å². The molecule has 0 saturated heterocycles. The van der Waals surface area contributed by atoms with Crippen LogP contribution in [0.2, 0.25) is 0 Å². The second kappa shape index (κ2) is 9.41. The molecule has 6 rings (SSSR count). The number of halogens is 1. The molecule has 2 aromatic carbocycles. The van der Waals surface area contributed by atoms with Gasteiger partial charge in [-0.2, -0.15) is 4.98 Å². The van der Waals surface area contributed by atoms with Crippen LogP contribution in [0.15, 0.2) is 67.0 Å². The Morgan fingerprint density at radius 1 is 1.11 bits per heavy atom. The number of hydrogen-bond acceptors (Lipinski definition) is 4. The summed E-state index contributed by atoms with van der Waals surface area (Å²) in [6, 6.07) is 15.8. The number of aromatic nitrogens is 4. The first-order chi connectivity index (χ1) is 18.4. The van der Waals surface area contributed by atoms with Crippen molar-refractivity contribution in [1.82, 2.24) is 24.5 Å². The molecule has 2 amide bonds. The zero-order chi connectivity index (χ0) is 26.4. The van der Waals surface area contributed by atoms with Gasteiger partial charge in [0.15, 0.2) is 5.65 Å².